The average molecular weight is 596 g/mol. The summed E-state index contributed by atoms with van der Waals surface area (Å²) >= 11 is 1.35. The third-order valence-electron chi connectivity index (χ3n) is 7.52. The standard InChI is InChI=1S/C32H29N5O5S/c1-20(38)36-16-2-5-25(36)29(39)34-23-12-8-21(9-13-23)27-19-33-31(42-27)22-10-14-24(15-11-22)35-30(40)26-6-3-17-37(26)32(41)28-7-4-18-43-28/h3-4,6-15,18-19,25-26H,2,5,16-17H2,1H3,(H,34,39)(H,35,40)/t25-,26-/m0/s1. The molecular weight excluding hydrogens is 566 g/mol. The summed E-state index contributed by atoms with van der Waals surface area (Å²) in [5.41, 5.74) is 2.74. The minimum Gasteiger partial charge on any atom is -0.436 e. The van der Waals surface area contributed by atoms with Crippen LogP contribution < -0.4 is 10.6 Å². The van der Waals surface area contributed by atoms with Gasteiger partial charge in [-0.3, -0.25) is 19.2 Å². The summed E-state index contributed by atoms with van der Waals surface area (Å²) in [6.45, 7) is 2.48. The molecule has 10 nitrogen and oxygen atoms in total. The smallest absolute Gasteiger partial charge is 0.265 e. The highest BCUT2D eigenvalue weighted by atomic mass is 32.1. The molecular formula is C32H29N5O5S. The molecule has 43 heavy (non-hydrogen) atoms. The molecule has 4 amide bonds. The zero-order valence-electron chi connectivity index (χ0n) is 23.4. The molecule has 218 valence electrons. The van der Waals surface area contributed by atoms with E-state index in [1.165, 1.54) is 18.3 Å². The number of anilines is 2. The van der Waals surface area contributed by atoms with Crippen LogP contribution in [-0.4, -0.2) is 63.6 Å². The van der Waals surface area contributed by atoms with Gasteiger partial charge in [-0.2, -0.15) is 0 Å². The highest BCUT2D eigenvalue weighted by Gasteiger charge is 2.33. The van der Waals surface area contributed by atoms with Crippen molar-refractivity contribution in [3.05, 3.63) is 89.3 Å². The van der Waals surface area contributed by atoms with E-state index in [-0.39, 0.29) is 23.6 Å². The summed E-state index contributed by atoms with van der Waals surface area (Å²) in [7, 11) is 0. The lowest BCUT2D eigenvalue weighted by atomic mass is 10.1. The van der Waals surface area contributed by atoms with Crippen molar-refractivity contribution in [2.24, 2.45) is 0 Å². The molecule has 2 N–H and O–H groups in total. The highest BCUT2D eigenvalue weighted by molar-refractivity contribution is 7.12. The molecule has 0 unspecified atom stereocenters. The van der Waals surface area contributed by atoms with Gasteiger partial charge in [0.25, 0.3) is 11.8 Å². The topological polar surface area (TPSA) is 125 Å². The Hall–Kier alpha value is -5.03. The number of hydrogen-bond acceptors (Lipinski definition) is 7. The Bertz CT molecular complexity index is 1680. The first-order valence-electron chi connectivity index (χ1n) is 13.9. The Balaban J connectivity index is 1.06. The van der Waals surface area contributed by atoms with Gasteiger partial charge in [0, 0.05) is 42.5 Å². The number of nitrogens with one attached hydrogen (secondary N) is 2. The molecule has 0 spiro atoms. The zero-order valence-corrected chi connectivity index (χ0v) is 24.2. The number of aromatic nitrogens is 1. The van der Waals surface area contributed by atoms with Crippen molar-refractivity contribution in [1.82, 2.24) is 14.8 Å². The monoisotopic (exact) mass is 595 g/mol. The van der Waals surface area contributed by atoms with E-state index in [2.05, 4.69) is 15.6 Å². The largest absolute Gasteiger partial charge is 0.436 e. The molecule has 0 radical (unpaired) electrons. The summed E-state index contributed by atoms with van der Waals surface area (Å²) < 4.78 is 5.99. The SMILES string of the molecule is CC(=O)N1CCC[C@H]1C(=O)Nc1ccc(-c2cnc(-c3ccc(NC(=O)[C@@H]4C=CCN4C(=O)c4cccs4)cc3)o2)cc1. The summed E-state index contributed by atoms with van der Waals surface area (Å²) in [6, 6.07) is 16.8. The number of oxazole rings is 1. The molecule has 6 rings (SSSR count). The van der Waals surface area contributed by atoms with E-state index < -0.39 is 12.1 Å². The lowest BCUT2D eigenvalue weighted by molar-refractivity contribution is -0.134. The van der Waals surface area contributed by atoms with Gasteiger partial charge in [-0.1, -0.05) is 18.2 Å². The molecule has 0 bridgehead atoms. The predicted octanol–water partition coefficient (Wildman–Crippen LogP) is 5.04. The van der Waals surface area contributed by atoms with E-state index >= 15 is 0 Å². The van der Waals surface area contributed by atoms with Gasteiger partial charge in [-0.05, 0) is 72.8 Å². The van der Waals surface area contributed by atoms with Crippen molar-refractivity contribution in [3.63, 3.8) is 0 Å². The van der Waals surface area contributed by atoms with Gasteiger partial charge in [-0.15, -0.1) is 11.3 Å². The van der Waals surface area contributed by atoms with Crippen LogP contribution in [0.4, 0.5) is 11.4 Å². The van der Waals surface area contributed by atoms with Crippen molar-refractivity contribution in [3.8, 4) is 22.8 Å². The molecule has 0 aliphatic carbocycles. The maximum absolute atomic E-state index is 13.0. The number of nitrogens with zero attached hydrogens (tertiary/aromatic N) is 3. The van der Waals surface area contributed by atoms with E-state index in [0.29, 0.717) is 47.4 Å². The molecule has 4 aromatic rings. The van der Waals surface area contributed by atoms with Crippen LogP contribution in [0.1, 0.15) is 29.4 Å². The molecule has 2 aromatic heterocycles. The lowest BCUT2D eigenvalue weighted by Gasteiger charge is -2.23. The van der Waals surface area contributed by atoms with Gasteiger partial charge in [0.05, 0.1) is 11.1 Å². The van der Waals surface area contributed by atoms with Crippen LogP contribution in [0.25, 0.3) is 22.8 Å². The molecule has 11 heteroatoms. The zero-order chi connectivity index (χ0) is 29.9. The third kappa shape index (κ3) is 5.98. The first-order valence-corrected chi connectivity index (χ1v) is 14.8. The number of rotatable bonds is 7. The van der Waals surface area contributed by atoms with E-state index in [1.54, 1.807) is 64.5 Å². The number of hydrogen-bond donors (Lipinski definition) is 2. The molecule has 4 heterocycles. The second kappa shape index (κ2) is 12.1. The van der Waals surface area contributed by atoms with Crippen molar-refractivity contribution in [2.75, 3.05) is 23.7 Å². The van der Waals surface area contributed by atoms with Gasteiger partial charge in [0.1, 0.15) is 12.1 Å². The molecule has 2 atom stereocenters. The van der Waals surface area contributed by atoms with Crippen LogP contribution in [0.3, 0.4) is 0 Å². The number of carbonyl (C=O) groups is 4. The number of amides is 4. The summed E-state index contributed by atoms with van der Waals surface area (Å²) in [5, 5.41) is 7.62. The van der Waals surface area contributed by atoms with Crippen LogP contribution in [0.5, 0.6) is 0 Å². The molecule has 2 aliphatic heterocycles. The minimum absolute atomic E-state index is 0.0931. The molecule has 2 aliphatic rings. The fourth-order valence-electron chi connectivity index (χ4n) is 5.31. The fraction of sp³-hybridized carbons (Fsp3) is 0.219. The average Bonchev–Trinajstić information content (AvgIpc) is 3.84. The van der Waals surface area contributed by atoms with Gasteiger partial charge >= 0.3 is 0 Å². The van der Waals surface area contributed by atoms with E-state index in [9.17, 15) is 19.2 Å². The first kappa shape index (κ1) is 28.1. The quantitative estimate of drug-likeness (QED) is 0.289. The van der Waals surface area contributed by atoms with Crippen molar-refractivity contribution in [1.29, 1.82) is 0 Å². The second-order valence-corrected chi connectivity index (χ2v) is 11.3. The Morgan fingerprint density at radius 1 is 0.907 bits per heavy atom. The summed E-state index contributed by atoms with van der Waals surface area (Å²) in [5.74, 6) is 0.244. The van der Waals surface area contributed by atoms with Gasteiger partial charge < -0.3 is 24.9 Å². The number of benzene rings is 2. The Morgan fingerprint density at radius 2 is 1.60 bits per heavy atom. The Labute approximate surface area is 252 Å². The van der Waals surface area contributed by atoms with Gasteiger partial charge in [0.2, 0.25) is 17.7 Å². The normalized spacial score (nSPS) is 17.7. The van der Waals surface area contributed by atoms with Gasteiger partial charge in [0.15, 0.2) is 5.76 Å². The van der Waals surface area contributed by atoms with Crippen molar-refractivity contribution in [2.45, 2.75) is 31.8 Å². The molecule has 1 saturated heterocycles. The molecule has 1 fully saturated rings. The van der Waals surface area contributed by atoms with Crippen LogP contribution in [0.15, 0.2) is 88.8 Å². The minimum atomic E-state index is -0.679. The van der Waals surface area contributed by atoms with Crippen molar-refractivity contribution >= 4 is 46.3 Å². The predicted molar refractivity (Wildman–Crippen MR) is 163 cm³/mol. The van der Waals surface area contributed by atoms with Gasteiger partial charge in [-0.25, -0.2) is 4.98 Å². The second-order valence-electron chi connectivity index (χ2n) is 10.3. The maximum Gasteiger partial charge on any atom is 0.265 e. The third-order valence-corrected chi connectivity index (χ3v) is 8.38. The Kier molecular flexibility index (Phi) is 7.89. The van der Waals surface area contributed by atoms with Crippen LogP contribution in [-0.2, 0) is 14.4 Å². The van der Waals surface area contributed by atoms with E-state index in [4.69, 9.17) is 4.42 Å². The van der Waals surface area contributed by atoms with E-state index in [1.807, 2.05) is 29.7 Å². The summed E-state index contributed by atoms with van der Waals surface area (Å²) in [4.78, 5) is 58.4. The Morgan fingerprint density at radius 3 is 2.28 bits per heavy atom. The van der Waals surface area contributed by atoms with Crippen LogP contribution in [0, 0.1) is 0 Å². The molecule has 2 aromatic carbocycles. The number of likely N-dealkylation sites (tertiary alicyclic amines) is 1. The highest BCUT2D eigenvalue weighted by Crippen LogP contribution is 2.28. The number of carbonyl (C=O) groups excluding carboxylic acids is 4. The molecule has 0 saturated carbocycles. The maximum atomic E-state index is 13.0. The van der Waals surface area contributed by atoms with E-state index in [0.717, 1.165) is 17.5 Å². The van der Waals surface area contributed by atoms with Crippen molar-refractivity contribution < 1.29 is 23.6 Å². The first-order chi connectivity index (χ1) is 20.9. The lowest BCUT2D eigenvalue weighted by Crippen LogP contribution is -2.43. The summed E-state index contributed by atoms with van der Waals surface area (Å²) in [6.07, 6.45) is 6.67. The van der Waals surface area contributed by atoms with Crippen LogP contribution in [0.2, 0.25) is 0 Å². The van der Waals surface area contributed by atoms with Crippen LogP contribution >= 0.6 is 11.3 Å². The number of thiophene rings is 1. The fourth-order valence-corrected chi connectivity index (χ4v) is 5.99.